The number of hydrogen-bond acceptors (Lipinski definition) is 4. The topological polar surface area (TPSA) is 86.8 Å². The third kappa shape index (κ3) is 8.74. The first kappa shape index (κ1) is 30.5. The van der Waals surface area contributed by atoms with Crippen LogP contribution in [0.4, 0.5) is 0 Å². The van der Waals surface area contributed by atoms with Crippen molar-refractivity contribution in [3.8, 4) is 0 Å². The summed E-state index contributed by atoms with van der Waals surface area (Å²) in [5.74, 6) is -0.781. The SMILES string of the molecule is Cc1ccc(S(=O)(=O)N(C)CC(=O)N(Cc2cccc(Br)c2)[C@@H](Cc2ccccc2)C(=O)NC(C)(C)C)cc1. The Morgan fingerprint density at radius 1 is 0.923 bits per heavy atom. The first-order valence-electron chi connectivity index (χ1n) is 12.7. The van der Waals surface area contributed by atoms with Crippen molar-refractivity contribution < 1.29 is 18.0 Å². The van der Waals surface area contributed by atoms with Crippen LogP contribution in [-0.4, -0.2) is 54.6 Å². The predicted octanol–water partition coefficient (Wildman–Crippen LogP) is 4.93. The summed E-state index contributed by atoms with van der Waals surface area (Å²) < 4.78 is 28.4. The fourth-order valence-corrected chi connectivity index (χ4v) is 5.66. The summed E-state index contributed by atoms with van der Waals surface area (Å²) in [5, 5.41) is 3.01. The van der Waals surface area contributed by atoms with Crippen LogP contribution in [0.2, 0.25) is 0 Å². The van der Waals surface area contributed by atoms with Crippen molar-refractivity contribution in [2.24, 2.45) is 0 Å². The quantitative estimate of drug-likeness (QED) is 0.351. The van der Waals surface area contributed by atoms with Crippen LogP contribution in [0.3, 0.4) is 0 Å². The van der Waals surface area contributed by atoms with Crippen molar-refractivity contribution in [2.45, 2.75) is 57.1 Å². The molecule has 2 amide bonds. The van der Waals surface area contributed by atoms with Gasteiger partial charge in [0.15, 0.2) is 0 Å². The van der Waals surface area contributed by atoms with Gasteiger partial charge in [0.25, 0.3) is 0 Å². The normalized spacial score (nSPS) is 12.7. The summed E-state index contributed by atoms with van der Waals surface area (Å²) in [7, 11) is -2.54. The maximum absolute atomic E-state index is 13.9. The second-order valence-electron chi connectivity index (χ2n) is 10.7. The van der Waals surface area contributed by atoms with Crippen LogP contribution in [0.5, 0.6) is 0 Å². The number of hydrogen-bond donors (Lipinski definition) is 1. The molecule has 0 radical (unpaired) electrons. The summed E-state index contributed by atoms with van der Waals surface area (Å²) in [6, 6.07) is 22.6. The molecule has 0 aliphatic heterocycles. The number of likely N-dealkylation sites (N-methyl/N-ethyl adjacent to an activating group) is 1. The van der Waals surface area contributed by atoms with E-state index in [4.69, 9.17) is 0 Å². The van der Waals surface area contributed by atoms with E-state index in [1.165, 1.54) is 24.1 Å². The highest BCUT2D eigenvalue weighted by Crippen LogP contribution is 2.20. The summed E-state index contributed by atoms with van der Waals surface area (Å²) >= 11 is 3.48. The smallest absolute Gasteiger partial charge is 0.243 e. The number of benzene rings is 3. The molecule has 0 unspecified atom stereocenters. The summed E-state index contributed by atoms with van der Waals surface area (Å²) in [4.78, 5) is 29.1. The van der Waals surface area contributed by atoms with Gasteiger partial charge in [-0.3, -0.25) is 9.59 Å². The largest absolute Gasteiger partial charge is 0.350 e. The van der Waals surface area contributed by atoms with Crippen LogP contribution in [0.1, 0.15) is 37.5 Å². The highest BCUT2D eigenvalue weighted by Gasteiger charge is 2.34. The molecule has 208 valence electrons. The Labute approximate surface area is 240 Å². The van der Waals surface area contributed by atoms with Crippen LogP contribution in [0, 0.1) is 6.92 Å². The van der Waals surface area contributed by atoms with Crippen molar-refractivity contribution in [1.82, 2.24) is 14.5 Å². The number of halogens is 1. The molecule has 0 heterocycles. The van der Waals surface area contributed by atoms with Crippen LogP contribution < -0.4 is 5.32 Å². The molecule has 3 aromatic rings. The molecule has 3 rings (SSSR count). The van der Waals surface area contributed by atoms with E-state index in [0.717, 1.165) is 25.5 Å². The molecule has 3 aromatic carbocycles. The second kappa shape index (κ2) is 12.9. The van der Waals surface area contributed by atoms with Crippen LogP contribution >= 0.6 is 15.9 Å². The van der Waals surface area contributed by atoms with E-state index in [1.54, 1.807) is 12.1 Å². The minimum atomic E-state index is -3.92. The van der Waals surface area contributed by atoms with Gasteiger partial charge in [0.1, 0.15) is 6.04 Å². The summed E-state index contributed by atoms with van der Waals surface area (Å²) in [5.41, 5.74) is 2.10. The van der Waals surface area contributed by atoms with Crippen molar-refractivity contribution >= 4 is 37.8 Å². The molecule has 7 nitrogen and oxygen atoms in total. The maximum atomic E-state index is 13.9. The minimum Gasteiger partial charge on any atom is -0.350 e. The van der Waals surface area contributed by atoms with Crippen LogP contribution in [0.25, 0.3) is 0 Å². The van der Waals surface area contributed by atoms with Gasteiger partial charge >= 0.3 is 0 Å². The molecule has 0 aliphatic rings. The molecule has 39 heavy (non-hydrogen) atoms. The third-order valence-corrected chi connectivity index (χ3v) is 8.41. The number of carbonyl (C=O) groups excluding carboxylic acids is 2. The highest BCUT2D eigenvalue weighted by atomic mass is 79.9. The average molecular weight is 615 g/mol. The van der Waals surface area contributed by atoms with Crippen LogP contribution in [-0.2, 0) is 32.6 Å². The lowest BCUT2D eigenvalue weighted by atomic mass is 10.0. The standard InChI is InChI=1S/C30H36BrN3O4S/c1-22-14-16-26(17-15-22)39(37,38)33(5)21-28(35)34(20-24-12-9-13-25(31)18-24)27(29(36)32-30(2,3)4)19-23-10-7-6-8-11-23/h6-18,27H,19-21H2,1-5H3,(H,32,36)/t27-/m0/s1. The molecule has 1 N–H and O–H groups in total. The van der Waals surface area contributed by atoms with Gasteiger partial charge < -0.3 is 10.2 Å². The zero-order valence-corrected chi connectivity index (χ0v) is 25.4. The van der Waals surface area contributed by atoms with Gasteiger partial charge in [0.05, 0.1) is 11.4 Å². The molecule has 0 spiro atoms. The lowest BCUT2D eigenvalue weighted by molar-refractivity contribution is -0.141. The fourth-order valence-electron chi connectivity index (χ4n) is 4.10. The summed E-state index contributed by atoms with van der Waals surface area (Å²) in [6.07, 6.45) is 0.275. The van der Waals surface area contributed by atoms with E-state index in [-0.39, 0.29) is 23.8 Å². The van der Waals surface area contributed by atoms with Crippen molar-refractivity contribution in [2.75, 3.05) is 13.6 Å². The monoisotopic (exact) mass is 613 g/mol. The molecule has 0 aromatic heterocycles. The van der Waals surface area contributed by atoms with Crippen molar-refractivity contribution in [3.63, 3.8) is 0 Å². The molecule has 0 saturated heterocycles. The van der Waals surface area contributed by atoms with Gasteiger partial charge in [-0.1, -0.05) is 76.1 Å². The molecular weight excluding hydrogens is 578 g/mol. The molecule has 0 saturated carbocycles. The Kier molecular flexibility index (Phi) is 10.1. The number of nitrogens with zero attached hydrogens (tertiary/aromatic N) is 2. The number of amides is 2. The number of carbonyl (C=O) groups is 2. The van der Waals surface area contributed by atoms with Crippen LogP contribution in [0.15, 0.2) is 88.2 Å². The Bertz CT molecular complexity index is 1390. The molecule has 1 atom stereocenters. The number of aryl methyl sites for hydroxylation is 1. The Morgan fingerprint density at radius 2 is 1.54 bits per heavy atom. The first-order chi connectivity index (χ1) is 18.3. The van der Waals surface area contributed by atoms with Crippen molar-refractivity contribution in [3.05, 3.63) is 100 Å². The Morgan fingerprint density at radius 3 is 2.13 bits per heavy atom. The maximum Gasteiger partial charge on any atom is 0.243 e. The molecular formula is C30H36BrN3O4S. The molecule has 0 fully saturated rings. The summed E-state index contributed by atoms with van der Waals surface area (Å²) in [6.45, 7) is 7.23. The van der Waals surface area contributed by atoms with Gasteiger partial charge in [0, 0.05) is 30.0 Å². The number of nitrogens with one attached hydrogen (secondary N) is 1. The van der Waals surface area contributed by atoms with E-state index in [2.05, 4.69) is 21.2 Å². The van der Waals surface area contributed by atoms with Gasteiger partial charge in [-0.15, -0.1) is 0 Å². The lowest BCUT2D eigenvalue weighted by Gasteiger charge is -2.34. The Hall–Kier alpha value is -3.01. The highest BCUT2D eigenvalue weighted by molar-refractivity contribution is 9.10. The second-order valence-corrected chi connectivity index (χ2v) is 13.6. The number of rotatable bonds is 10. The van der Waals surface area contributed by atoms with Gasteiger partial charge in [-0.05, 0) is 63.1 Å². The molecule has 9 heteroatoms. The zero-order valence-electron chi connectivity index (χ0n) is 23.0. The zero-order chi connectivity index (χ0) is 28.8. The molecule has 0 aliphatic carbocycles. The van der Waals surface area contributed by atoms with E-state index in [9.17, 15) is 18.0 Å². The Balaban J connectivity index is 1.99. The predicted molar refractivity (Wildman–Crippen MR) is 158 cm³/mol. The van der Waals surface area contributed by atoms with Gasteiger partial charge in [0.2, 0.25) is 21.8 Å². The van der Waals surface area contributed by atoms with E-state index < -0.39 is 34.1 Å². The van der Waals surface area contributed by atoms with E-state index >= 15 is 0 Å². The lowest BCUT2D eigenvalue weighted by Crippen LogP contribution is -2.56. The van der Waals surface area contributed by atoms with Crippen molar-refractivity contribution in [1.29, 1.82) is 0 Å². The third-order valence-electron chi connectivity index (χ3n) is 6.10. The number of sulfonamides is 1. The minimum absolute atomic E-state index is 0.105. The van der Waals surface area contributed by atoms with E-state index in [0.29, 0.717) is 0 Å². The average Bonchev–Trinajstić information content (AvgIpc) is 2.86. The fraction of sp³-hybridized carbons (Fsp3) is 0.333. The molecule has 0 bridgehead atoms. The first-order valence-corrected chi connectivity index (χ1v) is 14.9. The van der Waals surface area contributed by atoms with E-state index in [1.807, 2.05) is 82.3 Å². The van der Waals surface area contributed by atoms with Gasteiger partial charge in [-0.25, -0.2) is 8.42 Å². The van der Waals surface area contributed by atoms with Gasteiger partial charge in [-0.2, -0.15) is 4.31 Å².